The highest BCUT2D eigenvalue weighted by atomic mass is 16.6. The van der Waals surface area contributed by atoms with Crippen molar-refractivity contribution in [3.63, 3.8) is 0 Å². The van der Waals surface area contributed by atoms with Crippen LogP contribution in [0.25, 0.3) is 0 Å². The SMILES string of the molecule is CC1(C)C2CCC1(C)C(OC[C@H]1CO1)C2. The average Bonchev–Trinajstić information content (AvgIpc) is 2.93. The minimum Gasteiger partial charge on any atom is -0.375 e. The quantitative estimate of drug-likeness (QED) is 0.668. The minimum atomic E-state index is 0.409. The third kappa shape index (κ3) is 1.31. The Morgan fingerprint density at radius 2 is 2.07 bits per heavy atom. The average molecular weight is 210 g/mol. The van der Waals surface area contributed by atoms with Crippen molar-refractivity contribution < 1.29 is 9.47 Å². The Bertz CT molecular complexity index is 270. The lowest BCUT2D eigenvalue weighted by molar-refractivity contribution is -0.0507. The number of hydrogen-bond donors (Lipinski definition) is 0. The van der Waals surface area contributed by atoms with Crippen LogP contribution in [-0.2, 0) is 9.47 Å². The van der Waals surface area contributed by atoms with Gasteiger partial charge in [-0.3, -0.25) is 0 Å². The van der Waals surface area contributed by atoms with Gasteiger partial charge in [0.15, 0.2) is 0 Å². The largest absolute Gasteiger partial charge is 0.375 e. The Hall–Kier alpha value is -0.0800. The first kappa shape index (κ1) is 10.1. The van der Waals surface area contributed by atoms with E-state index in [1.165, 1.54) is 19.3 Å². The molecule has 0 radical (unpaired) electrons. The van der Waals surface area contributed by atoms with Crippen molar-refractivity contribution in [2.75, 3.05) is 13.2 Å². The summed E-state index contributed by atoms with van der Waals surface area (Å²) in [6.07, 6.45) is 4.92. The van der Waals surface area contributed by atoms with Crippen molar-refractivity contribution in [3.8, 4) is 0 Å². The molecule has 0 aromatic rings. The van der Waals surface area contributed by atoms with Crippen LogP contribution in [0.5, 0.6) is 0 Å². The van der Waals surface area contributed by atoms with Crippen molar-refractivity contribution in [3.05, 3.63) is 0 Å². The summed E-state index contributed by atoms with van der Waals surface area (Å²) in [4.78, 5) is 0. The lowest BCUT2D eigenvalue weighted by atomic mass is 9.70. The summed E-state index contributed by atoms with van der Waals surface area (Å²) in [7, 11) is 0. The first-order valence-corrected chi connectivity index (χ1v) is 6.27. The summed E-state index contributed by atoms with van der Waals surface area (Å²) in [5.74, 6) is 0.882. The molecule has 0 aromatic carbocycles. The van der Waals surface area contributed by atoms with E-state index in [9.17, 15) is 0 Å². The Morgan fingerprint density at radius 1 is 1.33 bits per heavy atom. The Morgan fingerprint density at radius 3 is 2.53 bits per heavy atom. The van der Waals surface area contributed by atoms with Crippen LogP contribution >= 0.6 is 0 Å². The van der Waals surface area contributed by atoms with Gasteiger partial charge in [-0.05, 0) is 36.0 Å². The third-order valence-corrected chi connectivity index (χ3v) is 5.60. The molecule has 15 heavy (non-hydrogen) atoms. The van der Waals surface area contributed by atoms with Gasteiger partial charge in [-0.1, -0.05) is 20.8 Å². The lowest BCUT2D eigenvalue weighted by Crippen LogP contribution is -2.37. The topological polar surface area (TPSA) is 21.8 Å². The zero-order valence-corrected chi connectivity index (χ0v) is 10.1. The predicted octanol–water partition coefficient (Wildman–Crippen LogP) is 2.62. The molecule has 0 N–H and O–H groups in total. The van der Waals surface area contributed by atoms with Crippen LogP contribution in [0.1, 0.15) is 40.0 Å². The van der Waals surface area contributed by atoms with Crippen molar-refractivity contribution in [1.29, 1.82) is 0 Å². The molecule has 0 spiro atoms. The van der Waals surface area contributed by atoms with Gasteiger partial charge in [0.2, 0.25) is 0 Å². The van der Waals surface area contributed by atoms with E-state index < -0.39 is 0 Å². The molecule has 1 aliphatic heterocycles. The zero-order valence-electron chi connectivity index (χ0n) is 10.1. The molecule has 1 heterocycles. The molecule has 2 nitrogen and oxygen atoms in total. The highest BCUT2D eigenvalue weighted by Crippen LogP contribution is 2.66. The van der Waals surface area contributed by atoms with E-state index in [-0.39, 0.29) is 0 Å². The lowest BCUT2D eigenvalue weighted by Gasteiger charge is -2.38. The monoisotopic (exact) mass is 210 g/mol. The maximum atomic E-state index is 6.07. The molecule has 2 bridgehead atoms. The van der Waals surface area contributed by atoms with E-state index in [0.29, 0.717) is 23.0 Å². The number of ether oxygens (including phenoxy) is 2. The minimum absolute atomic E-state index is 0.409. The van der Waals surface area contributed by atoms with E-state index in [1.807, 2.05) is 0 Å². The third-order valence-electron chi connectivity index (χ3n) is 5.60. The van der Waals surface area contributed by atoms with Crippen LogP contribution in [0.3, 0.4) is 0 Å². The second-order valence-corrected chi connectivity index (χ2v) is 6.39. The second-order valence-electron chi connectivity index (χ2n) is 6.39. The molecule has 4 atom stereocenters. The molecule has 3 fully saturated rings. The van der Waals surface area contributed by atoms with E-state index in [2.05, 4.69) is 20.8 Å². The molecule has 2 aliphatic carbocycles. The van der Waals surface area contributed by atoms with E-state index in [1.54, 1.807) is 0 Å². The molecule has 0 amide bonds. The molecule has 3 aliphatic rings. The molecule has 2 saturated carbocycles. The summed E-state index contributed by atoms with van der Waals surface area (Å²) in [6.45, 7) is 9.03. The molecule has 3 rings (SSSR count). The fraction of sp³-hybridized carbons (Fsp3) is 1.00. The van der Waals surface area contributed by atoms with Gasteiger partial charge in [0.05, 0.1) is 19.3 Å². The van der Waals surface area contributed by atoms with Gasteiger partial charge in [-0.25, -0.2) is 0 Å². The Balaban J connectivity index is 1.70. The van der Waals surface area contributed by atoms with E-state index in [0.717, 1.165) is 19.1 Å². The summed E-state index contributed by atoms with van der Waals surface area (Å²) in [6, 6.07) is 0. The van der Waals surface area contributed by atoms with Gasteiger partial charge in [0.1, 0.15) is 6.10 Å². The zero-order chi connectivity index (χ0) is 10.7. The summed E-state index contributed by atoms with van der Waals surface area (Å²) in [5, 5.41) is 0. The number of rotatable bonds is 3. The van der Waals surface area contributed by atoms with Gasteiger partial charge in [-0.2, -0.15) is 0 Å². The van der Waals surface area contributed by atoms with Gasteiger partial charge >= 0.3 is 0 Å². The van der Waals surface area contributed by atoms with Crippen LogP contribution in [0.15, 0.2) is 0 Å². The van der Waals surface area contributed by atoms with Crippen molar-refractivity contribution in [2.24, 2.45) is 16.7 Å². The predicted molar refractivity (Wildman–Crippen MR) is 58.7 cm³/mol. The molecule has 2 heteroatoms. The molecular weight excluding hydrogens is 188 g/mol. The van der Waals surface area contributed by atoms with Crippen LogP contribution < -0.4 is 0 Å². The van der Waals surface area contributed by atoms with Crippen molar-refractivity contribution in [2.45, 2.75) is 52.2 Å². The van der Waals surface area contributed by atoms with E-state index >= 15 is 0 Å². The standard InChI is InChI=1S/C13H22O2/c1-12(2)9-4-5-13(12,3)11(6-9)15-8-10-7-14-10/h9-11H,4-8H2,1-3H3/t9?,10-,11?,13?/m1/s1. The van der Waals surface area contributed by atoms with Gasteiger partial charge in [0.25, 0.3) is 0 Å². The molecule has 0 aromatic heterocycles. The summed E-state index contributed by atoms with van der Waals surface area (Å²) < 4.78 is 11.3. The Labute approximate surface area is 92.3 Å². The van der Waals surface area contributed by atoms with Gasteiger partial charge in [0, 0.05) is 0 Å². The van der Waals surface area contributed by atoms with E-state index in [4.69, 9.17) is 9.47 Å². The first-order valence-electron chi connectivity index (χ1n) is 6.27. The Kier molecular flexibility index (Phi) is 2.01. The maximum Gasteiger partial charge on any atom is 0.104 e. The number of hydrogen-bond acceptors (Lipinski definition) is 2. The normalized spacial score (nSPS) is 51.0. The van der Waals surface area contributed by atoms with Gasteiger partial charge in [-0.15, -0.1) is 0 Å². The second kappa shape index (κ2) is 2.98. The first-order chi connectivity index (χ1) is 7.04. The van der Waals surface area contributed by atoms with Crippen molar-refractivity contribution >= 4 is 0 Å². The summed E-state index contributed by atoms with van der Waals surface area (Å²) in [5.41, 5.74) is 0.884. The molecule has 86 valence electrons. The smallest absolute Gasteiger partial charge is 0.104 e. The highest BCUT2D eigenvalue weighted by Gasteiger charge is 2.61. The van der Waals surface area contributed by atoms with Crippen LogP contribution in [0.4, 0.5) is 0 Å². The van der Waals surface area contributed by atoms with Crippen molar-refractivity contribution in [1.82, 2.24) is 0 Å². The fourth-order valence-electron chi connectivity index (χ4n) is 3.77. The molecular formula is C13H22O2. The molecule has 1 saturated heterocycles. The summed E-state index contributed by atoms with van der Waals surface area (Å²) >= 11 is 0. The number of epoxide rings is 1. The highest BCUT2D eigenvalue weighted by molar-refractivity contribution is 5.11. The fourth-order valence-corrected chi connectivity index (χ4v) is 3.77. The molecule has 3 unspecified atom stereocenters. The van der Waals surface area contributed by atoms with Crippen LogP contribution in [0.2, 0.25) is 0 Å². The van der Waals surface area contributed by atoms with Gasteiger partial charge < -0.3 is 9.47 Å². The van der Waals surface area contributed by atoms with Crippen LogP contribution in [-0.4, -0.2) is 25.4 Å². The maximum absolute atomic E-state index is 6.07. The van der Waals surface area contributed by atoms with Crippen LogP contribution in [0, 0.1) is 16.7 Å². The number of fused-ring (bicyclic) bond motifs is 2.